The smallest absolute Gasteiger partial charge is 0.139 e. The van der Waals surface area contributed by atoms with Crippen molar-refractivity contribution in [2.45, 2.75) is 70.8 Å². The molecule has 112 valence electrons. The van der Waals surface area contributed by atoms with Crippen molar-refractivity contribution in [2.75, 3.05) is 0 Å². The Hall–Kier alpha value is -0.370. The van der Waals surface area contributed by atoms with E-state index in [0.29, 0.717) is 11.7 Å². The molecule has 0 spiro atoms. The van der Waals surface area contributed by atoms with Crippen LogP contribution in [0.5, 0.6) is 0 Å². The van der Waals surface area contributed by atoms with Crippen molar-refractivity contribution >= 4 is 5.78 Å². The minimum atomic E-state index is -0.0327. The molecule has 0 amide bonds. The van der Waals surface area contributed by atoms with Gasteiger partial charge in [0, 0.05) is 11.8 Å². The molecule has 4 aliphatic rings. The lowest BCUT2D eigenvalue weighted by molar-refractivity contribution is -0.132. The Labute approximate surface area is 122 Å². The number of rotatable bonds is 0. The van der Waals surface area contributed by atoms with Gasteiger partial charge < -0.3 is 5.11 Å². The SMILES string of the molecule is CC12CC[C@@H]3C[C@@H]4C[C@@H](O)CC[C@H]4CC3[C@@H]1CCC2=O. The van der Waals surface area contributed by atoms with E-state index < -0.39 is 0 Å². The van der Waals surface area contributed by atoms with Crippen LogP contribution in [0.3, 0.4) is 0 Å². The first-order valence-electron chi connectivity index (χ1n) is 8.79. The Kier molecular flexibility index (Phi) is 3.03. The summed E-state index contributed by atoms with van der Waals surface area (Å²) in [7, 11) is 0. The molecule has 2 nitrogen and oxygen atoms in total. The van der Waals surface area contributed by atoms with Gasteiger partial charge >= 0.3 is 0 Å². The average Bonchev–Trinajstić information content (AvgIpc) is 2.73. The van der Waals surface area contributed by atoms with Crippen LogP contribution in [0.4, 0.5) is 0 Å². The summed E-state index contributed by atoms with van der Waals surface area (Å²) in [6, 6.07) is 0. The van der Waals surface area contributed by atoms with E-state index >= 15 is 0 Å². The third-order valence-corrected chi connectivity index (χ3v) is 7.59. The fourth-order valence-corrected chi connectivity index (χ4v) is 6.43. The third-order valence-electron chi connectivity index (χ3n) is 7.59. The van der Waals surface area contributed by atoms with Crippen molar-refractivity contribution in [3.05, 3.63) is 0 Å². The van der Waals surface area contributed by atoms with Gasteiger partial charge in [-0.1, -0.05) is 6.92 Å². The number of ketones is 1. The first kappa shape index (κ1) is 13.3. The Morgan fingerprint density at radius 2 is 1.85 bits per heavy atom. The summed E-state index contributed by atoms with van der Waals surface area (Å²) in [6.45, 7) is 2.26. The lowest BCUT2D eigenvalue weighted by Gasteiger charge is -2.53. The Balaban J connectivity index is 1.56. The number of aliphatic hydroxyl groups is 1. The van der Waals surface area contributed by atoms with Gasteiger partial charge in [-0.15, -0.1) is 0 Å². The predicted octanol–water partition coefficient (Wildman–Crippen LogP) is 3.57. The van der Waals surface area contributed by atoms with Crippen molar-refractivity contribution in [1.82, 2.24) is 0 Å². The molecule has 0 aromatic heterocycles. The molecule has 0 heterocycles. The van der Waals surface area contributed by atoms with Crippen LogP contribution in [0.15, 0.2) is 0 Å². The number of hydrogen-bond acceptors (Lipinski definition) is 2. The molecular weight excluding hydrogens is 248 g/mol. The van der Waals surface area contributed by atoms with E-state index in [-0.39, 0.29) is 11.5 Å². The standard InChI is InChI=1S/C18H28O2/c1-18-7-6-12-8-13-9-14(19)3-2-11(13)10-15(12)16(18)4-5-17(18)20/h11-16,19H,2-10H2,1H3/t11-,12+,13+,14-,15?,16-,18?/m0/s1. The summed E-state index contributed by atoms with van der Waals surface area (Å²) in [5.74, 6) is 4.53. The molecular formula is C18H28O2. The molecule has 0 aliphatic heterocycles. The molecule has 0 aromatic carbocycles. The molecule has 1 N–H and O–H groups in total. The maximum atomic E-state index is 12.3. The van der Waals surface area contributed by atoms with Gasteiger partial charge in [-0.3, -0.25) is 4.79 Å². The van der Waals surface area contributed by atoms with Crippen molar-refractivity contribution < 1.29 is 9.90 Å². The first-order chi connectivity index (χ1) is 9.58. The molecule has 4 rings (SSSR count). The van der Waals surface area contributed by atoms with Crippen LogP contribution in [0.25, 0.3) is 0 Å². The largest absolute Gasteiger partial charge is 0.393 e. The molecule has 20 heavy (non-hydrogen) atoms. The summed E-state index contributed by atoms with van der Waals surface area (Å²) in [5, 5.41) is 9.93. The quantitative estimate of drug-likeness (QED) is 0.734. The van der Waals surface area contributed by atoms with Crippen molar-refractivity contribution in [3.8, 4) is 0 Å². The highest BCUT2D eigenvalue weighted by Gasteiger charge is 2.55. The molecule has 0 radical (unpaired) electrons. The van der Waals surface area contributed by atoms with Gasteiger partial charge in [0.1, 0.15) is 5.78 Å². The fourth-order valence-electron chi connectivity index (χ4n) is 6.43. The number of fused-ring (bicyclic) bond motifs is 4. The van der Waals surface area contributed by atoms with Crippen LogP contribution in [0.2, 0.25) is 0 Å². The number of aliphatic hydroxyl groups excluding tert-OH is 1. The molecule has 0 saturated heterocycles. The highest BCUT2D eigenvalue weighted by atomic mass is 16.3. The van der Waals surface area contributed by atoms with Gasteiger partial charge in [-0.05, 0) is 81.0 Å². The predicted molar refractivity (Wildman–Crippen MR) is 78.1 cm³/mol. The van der Waals surface area contributed by atoms with Gasteiger partial charge in [0.2, 0.25) is 0 Å². The second-order valence-corrected chi connectivity index (χ2v) is 8.41. The summed E-state index contributed by atoms with van der Waals surface area (Å²) in [6.07, 6.45) is 10.4. The molecule has 4 saturated carbocycles. The van der Waals surface area contributed by atoms with Crippen molar-refractivity contribution in [1.29, 1.82) is 0 Å². The third kappa shape index (κ3) is 1.83. The van der Waals surface area contributed by atoms with E-state index in [4.69, 9.17) is 0 Å². The highest BCUT2D eigenvalue weighted by Crippen LogP contribution is 2.60. The zero-order valence-corrected chi connectivity index (χ0v) is 12.7. The summed E-state index contributed by atoms with van der Waals surface area (Å²) < 4.78 is 0. The topological polar surface area (TPSA) is 37.3 Å². The number of Topliss-reactive ketones (excluding diaryl/α,β-unsaturated/α-hetero) is 1. The van der Waals surface area contributed by atoms with Gasteiger partial charge in [-0.2, -0.15) is 0 Å². The monoisotopic (exact) mass is 276 g/mol. The molecule has 2 unspecified atom stereocenters. The Bertz CT molecular complexity index is 418. The maximum Gasteiger partial charge on any atom is 0.139 e. The zero-order chi connectivity index (χ0) is 13.9. The van der Waals surface area contributed by atoms with E-state index in [1.807, 2.05) is 0 Å². The zero-order valence-electron chi connectivity index (χ0n) is 12.7. The molecule has 4 aliphatic carbocycles. The highest BCUT2D eigenvalue weighted by molar-refractivity contribution is 5.87. The molecule has 7 atom stereocenters. The van der Waals surface area contributed by atoms with E-state index in [9.17, 15) is 9.90 Å². The van der Waals surface area contributed by atoms with Crippen LogP contribution < -0.4 is 0 Å². The van der Waals surface area contributed by atoms with Crippen molar-refractivity contribution in [2.24, 2.45) is 35.0 Å². The summed E-state index contributed by atoms with van der Waals surface area (Å²) >= 11 is 0. The number of carbonyl (C=O) groups excluding carboxylic acids is 1. The van der Waals surface area contributed by atoms with Gasteiger partial charge in [0.15, 0.2) is 0 Å². The second-order valence-electron chi connectivity index (χ2n) is 8.41. The number of hydrogen-bond donors (Lipinski definition) is 1. The van der Waals surface area contributed by atoms with Crippen molar-refractivity contribution in [3.63, 3.8) is 0 Å². The molecule has 0 aromatic rings. The van der Waals surface area contributed by atoms with Crippen LogP contribution in [0.1, 0.15) is 64.7 Å². The lowest BCUT2D eigenvalue weighted by atomic mass is 9.52. The Morgan fingerprint density at radius 1 is 1.00 bits per heavy atom. The molecule has 2 heteroatoms. The van der Waals surface area contributed by atoms with Crippen LogP contribution in [-0.4, -0.2) is 17.0 Å². The summed E-state index contributed by atoms with van der Waals surface area (Å²) in [5.41, 5.74) is 0.0299. The van der Waals surface area contributed by atoms with E-state index in [0.717, 1.165) is 55.8 Å². The normalized spacial score (nSPS) is 55.0. The van der Waals surface area contributed by atoms with Gasteiger partial charge in [0.05, 0.1) is 6.10 Å². The van der Waals surface area contributed by atoms with E-state index in [1.54, 1.807) is 0 Å². The Morgan fingerprint density at radius 3 is 2.70 bits per heavy atom. The lowest BCUT2D eigenvalue weighted by Crippen LogP contribution is -2.47. The molecule has 0 bridgehead atoms. The summed E-state index contributed by atoms with van der Waals surface area (Å²) in [4.78, 5) is 12.3. The maximum absolute atomic E-state index is 12.3. The minimum absolute atomic E-state index is 0.0299. The number of carbonyl (C=O) groups is 1. The average molecular weight is 276 g/mol. The van der Waals surface area contributed by atoms with Gasteiger partial charge in [-0.25, -0.2) is 0 Å². The van der Waals surface area contributed by atoms with Crippen LogP contribution >= 0.6 is 0 Å². The fraction of sp³-hybridized carbons (Fsp3) is 0.944. The van der Waals surface area contributed by atoms with E-state index in [1.165, 1.54) is 25.7 Å². The van der Waals surface area contributed by atoms with Gasteiger partial charge in [0.25, 0.3) is 0 Å². The second kappa shape index (κ2) is 4.56. The molecule has 4 fully saturated rings. The minimum Gasteiger partial charge on any atom is -0.393 e. The van der Waals surface area contributed by atoms with Crippen LogP contribution in [-0.2, 0) is 4.79 Å². The first-order valence-corrected chi connectivity index (χ1v) is 8.79. The van der Waals surface area contributed by atoms with Crippen LogP contribution in [0, 0.1) is 35.0 Å². The van der Waals surface area contributed by atoms with E-state index in [2.05, 4.69) is 6.92 Å².